The van der Waals surface area contributed by atoms with Crippen LogP contribution < -0.4 is 0 Å². The van der Waals surface area contributed by atoms with E-state index in [4.69, 9.17) is 4.74 Å². The highest BCUT2D eigenvalue weighted by molar-refractivity contribution is 9.11. The number of halogens is 2. The predicted octanol–water partition coefficient (Wildman–Crippen LogP) is 1.90. The van der Waals surface area contributed by atoms with Crippen molar-refractivity contribution in [3.8, 4) is 0 Å². The van der Waals surface area contributed by atoms with Gasteiger partial charge in [-0.25, -0.2) is 8.42 Å². The predicted molar refractivity (Wildman–Crippen MR) is 82.2 cm³/mol. The van der Waals surface area contributed by atoms with Crippen LogP contribution in [0.3, 0.4) is 0 Å². The van der Waals surface area contributed by atoms with Gasteiger partial charge in [-0.2, -0.15) is 4.31 Å². The molecule has 112 valence electrons. The minimum atomic E-state index is -3.68. The van der Waals surface area contributed by atoms with E-state index >= 15 is 0 Å². The standard InChI is InChI=1S/C12H15Br2NO4S/c1-8-4-11(14)12(5-10(8)13)20(17,18)15-2-3-19-7-9(15)6-16/h4-5,9,16H,2-3,6-7H2,1H3. The van der Waals surface area contributed by atoms with E-state index < -0.39 is 16.1 Å². The summed E-state index contributed by atoms with van der Waals surface area (Å²) < 4.78 is 33.3. The highest BCUT2D eigenvalue weighted by Crippen LogP contribution is 2.32. The first kappa shape index (κ1) is 16.4. The van der Waals surface area contributed by atoms with Crippen LogP contribution in [-0.4, -0.2) is 50.2 Å². The molecule has 2 rings (SSSR count). The van der Waals surface area contributed by atoms with Crippen LogP contribution in [0, 0.1) is 6.92 Å². The van der Waals surface area contributed by atoms with Crippen LogP contribution >= 0.6 is 31.9 Å². The van der Waals surface area contributed by atoms with Gasteiger partial charge >= 0.3 is 0 Å². The number of morpholine rings is 1. The van der Waals surface area contributed by atoms with Gasteiger partial charge in [-0.1, -0.05) is 15.9 Å². The van der Waals surface area contributed by atoms with Crippen LogP contribution in [0.4, 0.5) is 0 Å². The van der Waals surface area contributed by atoms with Gasteiger partial charge in [0.15, 0.2) is 0 Å². The lowest BCUT2D eigenvalue weighted by Gasteiger charge is -2.33. The Labute approximate surface area is 135 Å². The maximum atomic E-state index is 12.7. The third-order valence-corrected chi connectivity index (χ3v) is 6.95. The Bertz CT molecular complexity index is 606. The topological polar surface area (TPSA) is 66.8 Å². The van der Waals surface area contributed by atoms with Crippen LogP contribution in [0.15, 0.2) is 26.0 Å². The maximum Gasteiger partial charge on any atom is 0.244 e. The van der Waals surface area contributed by atoms with Crippen molar-refractivity contribution < 1.29 is 18.3 Å². The van der Waals surface area contributed by atoms with Crippen molar-refractivity contribution in [2.75, 3.05) is 26.4 Å². The summed E-state index contributed by atoms with van der Waals surface area (Å²) >= 11 is 6.66. The van der Waals surface area contributed by atoms with Crippen molar-refractivity contribution in [2.45, 2.75) is 17.9 Å². The van der Waals surface area contributed by atoms with Crippen molar-refractivity contribution in [3.63, 3.8) is 0 Å². The molecule has 0 radical (unpaired) electrons. The smallest absolute Gasteiger partial charge is 0.244 e. The molecular weight excluding hydrogens is 414 g/mol. The van der Waals surface area contributed by atoms with Gasteiger partial charge in [-0.15, -0.1) is 0 Å². The molecule has 0 bridgehead atoms. The SMILES string of the molecule is Cc1cc(Br)c(S(=O)(=O)N2CCOCC2CO)cc1Br. The second-order valence-electron chi connectivity index (χ2n) is 4.56. The minimum absolute atomic E-state index is 0.190. The van der Waals surface area contributed by atoms with Gasteiger partial charge in [0.25, 0.3) is 0 Å². The van der Waals surface area contributed by atoms with Gasteiger partial charge in [-0.3, -0.25) is 0 Å². The summed E-state index contributed by atoms with van der Waals surface area (Å²) in [4.78, 5) is 0.190. The maximum absolute atomic E-state index is 12.7. The number of hydrogen-bond acceptors (Lipinski definition) is 4. The summed E-state index contributed by atoms with van der Waals surface area (Å²) in [5.41, 5.74) is 0.941. The monoisotopic (exact) mass is 427 g/mol. The van der Waals surface area contributed by atoms with Crippen LogP contribution in [0.5, 0.6) is 0 Å². The Hall–Kier alpha value is 0.01000. The number of rotatable bonds is 3. The summed E-state index contributed by atoms with van der Waals surface area (Å²) in [5, 5.41) is 9.33. The summed E-state index contributed by atoms with van der Waals surface area (Å²) in [5.74, 6) is 0. The van der Waals surface area contributed by atoms with E-state index in [0.717, 1.165) is 10.0 Å². The first-order valence-corrected chi connectivity index (χ1v) is 9.06. The average Bonchev–Trinajstić information content (AvgIpc) is 2.42. The first-order chi connectivity index (χ1) is 9.37. The summed E-state index contributed by atoms with van der Waals surface area (Å²) in [6.45, 7) is 2.41. The molecule has 5 nitrogen and oxygen atoms in total. The zero-order valence-electron chi connectivity index (χ0n) is 10.8. The number of hydrogen-bond donors (Lipinski definition) is 1. The van der Waals surface area contributed by atoms with Gasteiger partial charge in [0.2, 0.25) is 10.0 Å². The van der Waals surface area contributed by atoms with E-state index in [9.17, 15) is 13.5 Å². The van der Waals surface area contributed by atoms with Gasteiger partial charge in [0, 0.05) is 15.5 Å². The molecule has 1 aromatic carbocycles. The number of sulfonamides is 1. The Kier molecular flexibility index (Phi) is 5.25. The molecule has 20 heavy (non-hydrogen) atoms. The van der Waals surface area contributed by atoms with Crippen molar-refractivity contribution >= 4 is 41.9 Å². The molecule has 8 heteroatoms. The fourth-order valence-electron chi connectivity index (χ4n) is 2.05. The lowest BCUT2D eigenvalue weighted by atomic mass is 10.2. The second-order valence-corrected chi connectivity index (χ2v) is 8.13. The molecule has 0 amide bonds. The molecule has 1 N–H and O–H groups in total. The van der Waals surface area contributed by atoms with Gasteiger partial charge < -0.3 is 9.84 Å². The molecule has 1 saturated heterocycles. The van der Waals surface area contributed by atoms with E-state index in [1.807, 2.05) is 6.92 Å². The van der Waals surface area contributed by atoms with E-state index in [0.29, 0.717) is 11.1 Å². The van der Waals surface area contributed by atoms with Gasteiger partial charge in [-0.05, 0) is 40.5 Å². The fraction of sp³-hybridized carbons (Fsp3) is 0.500. The quantitative estimate of drug-likeness (QED) is 0.798. The van der Waals surface area contributed by atoms with E-state index in [2.05, 4.69) is 31.9 Å². The average molecular weight is 429 g/mol. The second kappa shape index (κ2) is 6.41. The van der Waals surface area contributed by atoms with E-state index in [1.165, 1.54) is 4.31 Å². The third kappa shape index (κ3) is 3.10. The van der Waals surface area contributed by atoms with Gasteiger partial charge in [0.1, 0.15) is 0 Å². The molecule has 1 atom stereocenters. The first-order valence-electron chi connectivity index (χ1n) is 6.04. The van der Waals surface area contributed by atoms with Crippen LogP contribution in [0.25, 0.3) is 0 Å². The van der Waals surface area contributed by atoms with Crippen LogP contribution in [-0.2, 0) is 14.8 Å². The van der Waals surface area contributed by atoms with Crippen molar-refractivity contribution in [2.24, 2.45) is 0 Å². The molecule has 1 aliphatic heterocycles. The van der Waals surface area contributed by atoms with Crippen molar-refractivity contribution in [1.29, 1.82) is 0 Å². The molecule has 1 fully saturated rings. The van der Waals surface area contributed by atoms with Crippen molar-refractivity contribution in [1.82, 2.24) is 4.31 Å². The van der Waals surface area contributed by atoms with Gasteiger partial charge in [0.05, 0.1) is 30.8 Å². The molecule has 1 unspecified atom stereocenters. The van der Waals surface area contributed by atoms with Crippen molar-refractivity contribution in [3.05, 3.63) is 26.6 Å². The lowest BCUT2D eigenvalue weighted by Crippen LogP contribution is -2.50. The van der Waals surface area contributed by atoms with E-state index in [-0.39, 0.29) is 24.7 Å². The molecule has 1 heterocycles. The number of aliphatic hydroxyl groups is 1. The molecule has 0 aliphatic carbocycles. The summed E-state index contributed by atoms with van der Waals surface area (Å²) in [6.07, 6.45) is 0. The highest BCUT2D eigenvalue weighted by atomic mass is 79.9. The van der Waals surface area contributed by atoms with Crippen LogP contribution in [0.1, 0.15) is 5.56 Å². The molecular formula is C12H15Br2NO4S. The number of ether oxygens (including phenoxy) is 1. The number of aryl methyl sites for hydroxylation is 1. The largest absolute Gasteiger partial charge is 0.395 e. The summed E-state index contributed by atoms with van der Waals surface area (Å²) in [7, 11) is -3.68. The molecule has 0 aromatic heterocycles. The number of benzene rings is 1. The molecule has 1 aromatic rings. The molecule has 0 saturated carbocycles. The number of nitrogens with zero attached hydrogens (tertiary/aromatic N) is 1. The summed E-state index contributed by atoms with van der Waals surface area (Å²) in [6, 6.07) is 2.80. The third-order valence-electron chi connectivity index (χ3n) is 3.18. The van der Waals surface area contributed by atoms with Crippen LogP contribution in [0.2, 0.25) is 0 Å². The van der Waals surface area contributed by atoms with E-state index in [1.54, 1.807) is 12.1 Å². The highest BCUT2D eigenvalue weighted by Gasteiger charge is 2.35. The Morgan fingerprint density at radius 1 is 1.40 bits per heavy atom. The zero-order valence-corrected chi connectivity index (χ0v) is 14.8. The molecule has 1 aliphatic rings. The minimum Gasteiger partial charge on any atom is -0.395 e. The Balaban J connectivity index is 2.46. The fourth-order valence-corrected chi connectivity index (χ4v) is 5.28. The molecule has 0 spiro atoms. The Morgan fingerprint density at radius 2 is 2.10 bits per heavy atom. The number of aliphatic hydroxyl groups excluding tert-OH is 1. The normalized spacial score (nSPS) is 21.1. The Morgan fingerprint density at radius 3 is 2.75 bits per heavy atom. The lowest BCUT2D eigenvalue weighted by molar-refractivity contribution is 0.0109. The zero-order chi connectivity index (χ0) is 14.9.